The van der Waals surface area contributed by atoms with Gasteiger partial charge in [-0.15, -0.1) is 0 Å². The number of ether oxygens (including phenoxy) is 1. The summed E-state index contributed by atoms with van der Waals surface area (Å²) in [5, 5.41) is 7.16. The molecule has 3 rings (SSSR count). The SMILES string of the molecule is O=C(NCCc1ccc(Cl)cc1Cl)c1cnc(NCC2CCCO2)cn1. The van der Waals surface area contributed by atoms with Crippen LogP contribution in [-0.4, -0.2) is 41.7 Å². The van der Waals surface area contributed by atoms with Crippen LogP contribution in [0.2, 0.25) is 10.0 Å². The molecule has 6 nitrogen and oxygen atoms in total. The molecule has 2 N–H and O–H groups in total. The zero-order chi connectivity index (χ0) is 18.4. The molecule has 1 atom stereocenters. The van der Waals surface area contributed by atoms with Crippen LogP contribution >= 0.6 is 23.2 Å². The van der Waals surface area contributed by atoms with Crippen LogP contribution in [0, 0.1) is 0 Å². The van der Waals surface area contributed by atoms with E-state index in [-0.39, 0.29) is 17.7 Å². The molecule has 26 heavy (non-hydrogen) atoms. The summed E-state index contributed by atoms with van der Waals surface area (Å²) in [5.41, 5.74) is 1.20. The van der Waals surface area contributed by atoms with E-state index in [2.05, 4.69) is 20.6 Å². The normalized spacial score (nSPS) is 16.5. The number of nitrogens with one attached hydrogen (secondary N) is 2. The van der Waals surface area contributed by atoms with Gasteiger partial charge in [0.05, 0.1) is 18.5 Å². The summed E-state index contributed by atoms with van der Waals surface area (Å²) in [7, 11) is 0. The van der Waals surface area contributed by atoms with Gasteiger partial charge in [0.25, 0.3) is 5.91 Å². The van der Waals surface area contributed by atoms with E-state index in [1.54, 1.807) is 18.3 Å². The van der Waals surface area contributed by atoms with Gasteiger partial charge >= 0.3 is 0 Å². The molecule has 2 aromatic rings. The predicted molar refractivity (Wildman–Crippen MR) is 102 cm³/mol. The number of aromatic nitrogens is 2. The molecule has 1 aliphatic rings. The number of hydrogen-bond acceptors (Lipinski definition) is 5. The molecule has 1 unspecified atom stereocenters. The lowest BCUT2D eigenvalue weighted by Gasteiger charge is -2.11. The minimum absolute atomic E-state index is 0.222. The van der Waals surface area contributed by atoms with Gasteiger partial charge in [0.2, 0.25) is 0 Å². The molecule has 138 valence electrons. The van der Waals surface area contributed by atoms with Crippen LogP contribution in [0.5, 0.6) is 0 Å². The number of nitrogens with zero attached hydrogens (tertiary/aromatic N) is 2. The highest BCUT2D eigenvalue weighted by Gasteiger charge is 2.15. The predicted octanol–water partition coefficient (Wildman–Crippen LogP) is 3.35. The van der Waals surface area contributed by atoms with Crippen LogP contribution in [-0.2, 0) is 11.2 Å². The van der Waals surface area contributed by atoms with Gasteiger partial charge in [-0.3, -0.25) is 4.79 Å². The monoisotopic (exact) mass is 394 g/mol. The second-order valence-corrected chi connectivity index (χ2v) is 6.89. The quantitative estimate of drug-likeness (QED) is 0.752. The van der Waals surface area contributed by atoms with Crippen LogP contribution in [0.3, 0.4) is 0 Å². The topological polar surface area (TPSA) is 76.1 Å². The van der Waals surface area contributed by atoms with E-state index < -0.39 is 0 Å². The van der Waals surface area contributed by atoms with E-state index in [0.717, 1.165) is 25.0 Å². The lowest BCUT2D eigenvalue weighted by Crippen LogP contribution is -2.27. The Morgan fingerprint density at radius 1 is 1.27 bits per heavy atom. The summed E-state index contributed by atoms with van der Waals surface area (Å²) in [6, 6.07) is 5.32. The Hall–Kier alpha value is -1.89. The third-order valence-corrected chi connectivity index (χ3v) is 4.70. The fourth-order valence-electron chi connectivity index (χ4n) is 2.69. The largest absolute Gasteiger partial charge is 0.376 e. The summed E-state index contributed by atoms with van der Waals surface area (Å²) >= 11 is 12.0. The van der Waals surface area contributed by atoms with Gasteiger partial charge in [-0.05, 0) is 37.0 Å². The highest BCUT2D eigenvalue weighted by atomic mass is 35.5. The maximum atomic E-state index is 12.1. The van der Waals surface area contributed by atoms with E-state index in [4.69, 9.17) is 27.9 Å². The number of amides is 1. The van der Waals surface area contributed by atoms with Crippen molar-refractivity contribution in [2.45, 2.75) is 25.4 Å². The number of halogens is 2. The van der Waals surface area contributed by atoms with Crippen molar-refractivity contribution in [3.05, 3.63) is 51.9 Å². The second-order valence-electron chi connectivity index (χ2n) is 6.04. The third kappa shape index (κ3) is 5.30. The van der Waals surface area contributed by atoms with Crippen molar-refractivity contribution in [1.29, 1.82) is 0 Å². The first-order chi connectivity index (χ1) is 12.6. The van der Waals surface area contributed by atoms with Crippen LogP contribution in [0.25, 0.3) is 0 Å². The Bertz CT molecular complexity index is 749. The van der Waals surface area contributed by atoms with Crippen molar-refractivity contribution in [2.75, 3.05) is 25.0 Å². The first-order valence-corrected chi connectivity index (χ1v) is 9.27. The Kier molecular flexibility index (Phi) is 6.66. The molecule has 8 heteroatoms. The zero-order valence-electron chi connectivity index (χ0n) is 14.2. The Morgan fingerprint density at radius 3 is 2.85 bits per heavy atom. The number of rotatable bonds is 7. The molecular weight excluding hydrogens is 375 g/mol. The van der Waals surface area contributed by atoms with E-state index in [1.807, 2.05) is 6.07 Å². The molecule has 1 aliphatic heterocycles. The van der Waals surface area contributed by atoms with E-state index >= 15 is 0 Å². The number of benzene rings is 1. The van der Waals surface area contributed by atoms with Crippen molar-refractivity contribution < 1.29 is 9.53 Å². The molecule has 0 bridgehead atoms. The molecule has 0 saturated carbocycles. The van der Waals surface area contributed by atoms with Crippen molar-refractivity contribution in [3.8, 4) is 0 Å². The number of hydrogen-bond donors (Lipinski definition) is 2. The highest BCUT2D eigenvalue weighted by molar-refractivity contribution is 6.35. The molecule has 1 fully saturated rings. The molecule has 2 heterocycles. The molecule has 1 aromatic heterocycles. The molecule has 0 aliphatic carbocycles. The summed E-state index contributed by atoms with van der Waals surface area (Å²) in [6.45, 7) is 1.96. The zero-order valence-corrected chi connectivity index (χ0v) is 15.7. The lowest BCUT2D eigenvalue weighted by atomic mass is 10.1. The van der Waals surface area contributed by atoms with Crippen molar-refractivity contribution in [2.24, 2.45) is 0 Å². The van der Waals surface area contributed by atoms with E-state index in [1.165, 1.54) is 6.20 Å². The van der Waals surface area contributed by atoms with Gasteiger partial charge in [-0.2, -0.15) is 0 Å². The Balaban J connectivity index is 1.45. The average Bonchev–Trinajstić information content (AvgIpc) is 3.16. The fourth-order valence-corrected chi connectivity index (χ4v) is 3.19. The lowest BCUT2D eigenvalue weighted by molar-refractivity contribution is 0.0948. The van der Waals surface area contributed by atoms with Crippen LogP contribution in [0.1, 0.15) is 28.9 Å². The minimum Gasteiger partial charge on any atom is -0.376 e. The van der Waals surface area contributed by atoms with E-state index in [0.29, 0.717) is 35.4 Å². The number of carbonyl (C=O) groups is 1. The van der Waals surface area contributed by atoms with Crippen LogP contribution in [0.15, 0.2) is 30.6 Å². The molecule has 1 aromatic carbocycles. The van der Waals surface area contributed by atoms with Crippen LogP contribution < -0.4 is 10.6 Å². The summed E-state index contributed by atoms with van der Waals surface area (Å²) in [5.74, 6) is 0.359. The molecule has 1 amide bonds. The molecule has 0 spiro atoms. The van der Waals surface area contributed by atoms with E-state index in [9.17, 15) is 4.79 Å². The first kappa shape index (κ1) is 18.9. The second kappa shape index (κ2) is 9.16. The van der Waals surface area contributed by atoms with Gasteiger partial charge < -0.3 is 15.4 Å². The number of carbonyl (C=O) groups excluding carboxylic acids is 1. The number of anilines is 1. The average molecular weight is 395 g/mol. The van der Waals surface area contributed by atoms with Gasteiger partial charge in [0.15, 0.2) is 0 Å². The van der Waals surface area contributed by atoms with Crippen molar-refractivity contribution in [1.82, 2.24) is 15.3 Å². The molecule has 0 radical (unpaired) electrons. The maximum absolute atomic E-state index is 12.1. The Morgan fingerprint density at radius 2 is 2.15 bits per heavy atom. The van der Waals surface area contributed by atoms with Gasteiger partial charge in [0, 0.05) is 29.7 Å². The molecule has 1 saturated heterocycles. The fraction of sp³-hybridized carbons (Fsp3) is 0.389. The van der Waals surface area contributed by atoms with Crippen LogP contribution in [0.4, 0.5) is 5.82 Å². The van der Waals surface area contributed by atoms with Gasteiger partial charge in [-0.25, -0.2) is 9.97 Å². The smallest absolute Gasteiger partial charge is 0.271 e. The summed E-state index contributed by atoms with van der Waals surface area (Å²) in [6.07, 6.45) is 6.00. The van der Waals surface area contributed by atoms with Gasteiger partial charge in [0.1, 0.15) is 11.5 Å². The third-order valence-electron chi connectivity index (χ3n) is 4.11. The summed E-state index contributed by atoms with van der Waals surface area (Å²) < 4.78 is 5.54. The minimum atomic E-state index is -0.270. The van der Waals surface area contributed by atoms with Gasteiger partial charge in [-0.1, -0.05) is 29.3 Å². The highest BCUT2D eigenvalue weighted by Crippen LogP contribution is 2.21. The summed E-state index contributed by atoms with van der Waals surface area (Å²) in [4.78, 5) is 20.5. The molecular formula is C18H20Cl2N4O2. The van der Waals surface area contributed by atoms with Crippen molar-refractivity contribution >= 4 is 34.9 Å². The maximum Gasteiger partial charge on any atom is 0.271 e. The first-order valence-electron chi connectivity index (χ1n) is 8.51. The Labute approximate surface area is 162 Å². The standard InChI is InChI=1S/C18H20Cl2N4O2/c19-13-4-3-12(15(20)8-13)5-6-21-18(25)16-10-24-17(11-22-16)23-9-14-2-1-7-26-14/h3-4,8,10-11,14H,1-2,5-7,9H2,(H,21,25)(H,23,24). The van der Waals surface area contributed by atoms with Crippen molar-refractivity contribution in [3.63, 3.8) is 0 Å².